The van der Waals surface area contributed by atoms with Gasteiger partial charge in [0, 0.05) is 6.20 Å². The Kier molecular flexibility index (Phi) is 2.27. The van der Waals surface area contributed by atoms with Crippen molar-refractivity contribution in [2.45, 2.75) is 26.3 Å². The molecule has 0 atom stereocenters. The van der Waals surface area contributed by atoms with E-state index in [1.807, 2.05) is 20.8 Å². The second-order valence-electron chi connectivity index (χ2n) is 3.83. The number of carbonyl (C=O) groups is 1. The van der Waals surface area contributed by atoms with Crippen LogP contribution in [0.3, 0.4) is 0 Å². The van der Waals surface area contributed by atoms with Gasteiger partial charge in [-0.25, -0.2) is 4.79 Å². The van der Waals surface area contributed by atoms with Crippen LogP contribution in [0.1, 0.15) is 20.8 Å². The molecule has 2 amide bonds. The summed E-state index contributed by atoms with van der Waals surface area (Å²) in [5, 5.41) is 6.54. The number of nitrogens with zero attached hydrogens (tertiary/aromatic N) is 2. The smallest absolute Gasteiger partial charge is 0.316 e. The van der Waals surface area contributed by atoms with Gasteiger partial charge in [-0.2, -0.15) is 5.10 Å². The Hall–Kier alpha value is -1.52. The van der Waals surface area contributed by atoms with Crippen LogP contribution in [0, 0.1) is 0 Å². The van der Waals surface area contributed by atoms with Crippen molar-refractivity contribution in [3.05, 3.63) is 12.4 Å². The molecule has 0 radical (unpaired) electrons. The maximum Gasteiger partial charge on any atom is 0.316 e. The predicted octanol–water partition coefficient (Wildman–Crippen LogP) is 1.13. The molecule has 0 unspecified atom stereocenters. The van der Waals surface area contributed by atoms with Crippen LogP contribution in [0.4, 0.5) is 10.5 Å². The van der Waals surface area contributed by atoms with Crippen LogP contribution in [-0.4, -0.2) is 15.8 Å². The van der Waals surface area contributed by atoms with E-state index < -0.39 is 6.03 Å². The van der Waals surface area contributed by atoms with Gasteiger partial charge in [-0.05, 0) is 20.8 Å². The molecule has 0 saturated carbocycles. The zero-order valence-corrected chi connectivity index (χ0v) is 8.03. The highest BCUT2D eigenvalue weighted by atomic mass is 16.2. The minimum Gasteiger partial charge on any atom is -0.351 e. The van der Waals surface area contributed by atoms with E-state index in [0.29, 0.717) is 5.69 Å². The molecule has 1 heterocycles. The molecule has 5 nitrogen and oxygen atoms in total. The molecule has 3 N–H and O–H groups in total. The molecule has 1 aromatic heterocycles. The Labute approximate surface area is 76.9 Å². The standard InChI is InChI=1S/C8H14N4O/c1-8(2,3)12-5-6(4-10-12)11-7(9)13/h4-5H,1-3H3,(H3,9,11,13). The summed E-state index contributed by atoms with van der Waals surface area (Å²) >= 11 is 0. The number of rotatable bonds is 1. The summed E-state index contributed by atoms with van der Waals surface area (Å²) in [5.41, 5.74) is 5.48. The molecule has 5 heteroatoms. The zero-order valence-electron chi connectivity index (χ0n) is 8.03. The fraction of sp³-hybridized carbons (Fsp3) is 0.500. The maximum absolute atomic E-state index is 10.5. The van der Waals surface area contributed by atoms with Crippen molar-refractivity contribution in [1.29, 1.82) is 0 Å². The van der Waals surface area contributed by atoms with E-state index in [-0.39, 0.29) is 5.54 Å². The topological polar surface area (TPSA) is 72.9 Å². The van der Waals surface area contributed by atoms with Crippen molar-refractivity contribution in [2.24, 2.45) is 5.73 Å². The third kappa shape index (κ3) is 2.47. The van der Waals surface area contributed by atoms with E-state index in [4.69, 9.17) is 5.73 Å². The first-order valence-electron chi connectivity index (χ1n) is 4.01. The average Bonchev–Trinajstić information content (AvgIpc) is 2.32. The summed E-state index contributed by atoms with van der Waals surface area (Å²) in [7, 11) is 0. The quantitative estimate of drug-likeness (QED) is 0.683. The van der Waals surface area contributed by atoms with Crippen LogP contribution < -0.4 is 11.1 Å². The number of hydrogen-bond acceptors (Lipinski definition) is 2. The predicted molar refractivity (Wildman–Crippen MR) is 50.4 cm³/mol. The second kappa shape index (κ2) is 3.08. The van der Waals surface area contributed by atoms with Crippen LogP contribution in [0.5, 0.6) is 0 Å². The first-order chi connectivity index (χ1) is 5.89. The van der Waals surface area contributed by atoms with E-state index in [1.165, 1.54) is 0 Å². The van der Waals surface area contributed by atoms with Crippen LogP contribution in [0.2, 0.25) is 0 Å². The molecule has 0 aromatic carbocycles. The fourth-order valence-electron chi connectivity index (χ4n) is 0.896. The van der Waals surface area contributed by atoms with Crippen molar-refractivity contribution in [3.63, 3.8) is 0 Å². The Morgan fingerprint density at radius 1 is 1.62 bits per heavy atom. The third-order valence-corrected chi connectivity index (χ3v) is 1.54. The summed E-state index contributed by atoms with van der Waals surface area (Å²) in [5.74, 6) is 0. The van der Waals surface area contributed by atoms with Crippen molar-refractivity contribution in [2.75, 3.05) is 5.32 Å². The van der Waals surface area contributed by atoms with Gasteiger partial charge in [0.25, 0.3) is 0 Å². The number of hydrogen-bond donors (Lipinski definition) is 2. The molecule has 0 aliphatic carbocycles. The molecule has 1 rings (SSSR count). The fourth-order valence-corrected chi connectivity index (χ4v) is 0.896. The lowest BCUT2D eigenvalue weighted by Crippen LogP contribution is -2.22. The summed E-state index contributed by atoms with van der Waals surface area (Å²) in [6.45, 7) is 6.07. The number of nitrogens with two attached hydrogens (primary N) is 1. The number of amides is 2. The lowest BCUT2D eigenvalue weighted by Gasteiger charge is -2.18. The third-order valence-electron chi connectivity index (χ3n) is 1.54. The number of carbonyl (C=O) groups excluding carboxylic acids is 1. The molecule has 0 aliphatic rings. The molecule has 72 valence electrons. The summed E-state index contributed by atoms with van der Waals surface area (Å²) in [6.07, 6.45) is 3.31. The minimum atomic E-state index is -0.576. The van der Waals surface area contributed by atoms with Crippen LogP contribution in [0.15, 0.2) is 12.4 Å². The van der Waals surface area contributed by atoms with Crippen molar-refractivity contribution in [3.8, 4) is 0 Å². The Morgan fingerprint density at radius 2 is 2.23 bits per heavy atom. The second-order valence-corrected chi connectivity index (χ2v) is 3.83. The highest BCUT2D eigenvalue weighted by Crippen LogP contribution is 2.15. The van der Waals surface area contributed by atoms with Gasteiger partial charge in [-0.15, -0.1) is 0 Å². The van der Waals surface area contributed by atoms with Gasteiger partial charge in [0.15, 0.2) is 0 Å². The summed E-state index contributed by atoms with van der Waals surface area (Å²) in [6, 6.07) is -0.576. The highest BCUT2D eigenvalue weighted by molar-refractivity contribution is 5.87. The largest absolute Gasteiger partial charge is 0.351 e. The van der Waals surface area contributed by atoms with Gasteiger partial charge in [0.05, 0.1) is 17.4 Å². The van der Waals surface area contributed by atoms with E-state index in [9.17, 15) is 4.79 Å². The van der Waals surface area contributed by atoms with E-state index in [1.54, 1.807) is 17.1 Å². The van der Waals surface area contributed by atoms with Crippen molar-refractivity contribution in [1.82, 2.24) is 9.78 Å². The number of aromatic nitrogens is 2. The summed E-state index contributed by atoms with van der Waals surface area (Å²) in [4.78, 5) is 10.5. The van der Waals surface area contributed by atoms with Gasteiger partial charge in [-0.3, -0.25) is 4.68 Å². The van der Waals surface area contributed by atoms with E-state index in [2.05, 4.69) is 10.4 Å². The number of anilines is 1. The van der Waals surface area contributed by atoms with Crippen LogP contribution >= 0.6 is 0 Å². The van der Waals surface area contributed by atoms with E-state index in [0.717, 1.165) is 0 Å². The summed E-state index contributed by atoms with van der Waals surface area (Å²) < 4.78 is 1.76. The molecule has 0 fully saturated rings. The Balaban J connectivity index is 2.81. The molecule has 13 heavy (non-hydrogen) atoms. The zero-order chi connectivity index (χ0) is 10.1. The molecule has 1 aromatic rings. The Bertz CT molecular complexity index is 310. The van der Waals surface area contributed by atoms with Gasteiger partial charge < -0.3 is 11.1 Å². The minimum absolute atomic E-state index is 0.0857. The average molecular weight is 182 g/mol. The number of primary amides is 1. The molecule has 0 spiro atoms. The van der Waals surface area contributed by atoms with Crippen LogP contribution in [-0.2, 0) is 5.54 Å². The van der Waals surface area contributed by atoms with Gasteiger partial charge in [-0.1, -0.05) is 0 Å². The Morgan fingerprint density at radius 3 is 2.62 bits per heavy atom. The first kappa shape index (κ1) is 9.57. The number of urea groups is 1. The molecule has 0 aliphatic heterocycles. The van der Waals surface area contributed by atoms with Crippen LogP contribution in [0.25, 0.3) is 0 Å². The SMILES string of the molecule is CC(C)(C)n1cc(NC(N)=O)cn1. The van der Waals surface area contributed by atoms with E-state index >= 15 is 0 Å². The molecule has 0 saturated heterocycles. The normalized spacial score (nSPS) is 11.3. The van der Waals surface area contributed by atoms with Gasteiger partial charge >= 0.3 is 6.03 Å². The molecular weight excluding hydrogens is 168 g/mol. The molecular formula is C8H14N4O. The van der Waals surface area contributed by atoms with Crippen molar-refractivity contribution >= 4 is 11.7 Å². The monoisotopic (exact) mass is 182 g/mol. The highest BCUT2D eigenvalue weighted by Gasteiger charge is 2.13. The maximum atomic E-state index is 10.5. The first-order valence-corrected chi connectivity index (χ1v) is 4.01. The lowest BCUT2D eigenvalue weighted by molar-refractivity contribution is 0.259. The number of nitrogens with one attached hydrogen (secondary N) is 1. The lowest BCUT2D eigenvalue weighted by atomic mass is 10.1. The van der Waals surface area contributed by atoms with Gasteiger partial charge in [0.1, 0.15) is 0 Å². The van der Waals surface area contributed by atoms with Gasteiger partial charge in [0.2, 0.25) is 0 Å². The molecule has 0 bridgehead atoms. The van der Waals surface area contributed by atoms with Crippen molar-refractivity contribution < 1.29 is 4.79 Å².